The lowest BCUT2D eigenvalue weighted by Crippen LogP contribution is -2.33. The van der Waals surface area contributed by atoms with Crippen molar-refractivity contribution in [3.63, 3.8) is 0 Å². The van der Waals surface area contributed by atoms with Crippen LogP contribution < -0.4 is 5.32 Å². The zero-order valence-electron chi connectivity index (χ0n) is 16.9. The fraction of sp³-hybridized carbons (Fsp3) is 0.455. The summed E-state index contributed by atoms with van der Waals surface area (Å²) in [5.74, 6) is -0.310. The molecule has 2 N–H and O–H groups in total. The first kappa shape index (κ1) is 19.6. The second-order valence-corrected chi connectivity index (χ2v) is 9.82. The maximum absolute atomic E-state index is 11.0. The van der Waals surface area contributed by atoms with Gasteiger partial charge in [-0.1, -0.05) is 53.2 Å². The number of fused-ring (bicyclic) bond motifs is 1. The number of allylic oxidation sites excluding steroid dienone is 2. The molecule has 4 nitrogen and oxygen atoms in total. The molecule has 144 valence electrons. The predicted molar refractivity (Wildman–Crippen MR) is 112 cm³/mol. The Morgan fingerprint density at radius 1 is 1.19 bits per heavy atom. The molecule has 0 atom stereocenters. The number of carbonyl (C=O) groups is 1. The first-order chi connectivity index (χ1) is 12.5. The van der Waals surface area contributed by atoms with E-state index in [-0.39, 0.29) is 16.4 Å². The van der Waals surface area contributed by atoms with Crippen molar-refractivity contribution < 1.29 is 9.90 Å². The van der Waals surface area contributed by atoms with Crippen LogP contribution in [-0.4, -0.2) is 16.1 Å². The Morgan fingerprint density at radius 2 is 1.81 bits per heavy atom. The van der Waals surface area contributed by atoms with Crippen LogP contribution in [0.5, 0.6) is 0 Å². The molecule has 1 heterocycles. The third kappa shape index (κ3) is 3.79. The third-order valence-electron chi connectivity index (χ3n) is 5.15. The quantitative estimate of drug-likeness (QED) is 0.609. The van der Waals surface area contributed by atoms with Gasteiger partial charge in [0.25, 0.3) is 0 Å². The molecule has 2 aromatic rings. The zero-order valence-corrected chi connectivity index (χ0v) is 17.7. The number of benzene rings is 1. The first-order valence-corrected chi connectivity index (χ1v) is 10.2. The van der Waals surface area contributed by atoms with Crippen LogP contribution in [0, 0.1) is 5.92 Å². The maximum Gasteiger partial charge on any atom is 0.335 e. The summed E-state index contributed by atoms with van der Waals surface area (Å²) in [5.41, 5.74) is 3.61. The Balaban J connectivity index is 1.94. The normalized spacial score (nSPS) is 17.4. The van der Waals surface area contributed by atoms with Gasteiger partial charge in [-0.2, -0.15) is 0 Å². The monoisotopic (exact) mass is 384 g/mol. The van der Waals surface area contributed by atoms with Crippen molar-refractivity contribution in [3.8, 4) is 0 Å². The van der Waals surface area contributed by atoms with Gasteiger partial charge in [0.05, 0.1) is 11.3 Å². The van der Waals surface area contributed by atoms with Gasteiger partial charge in [-0.3, -0.25) is 0 Å². The summed E-state index contributed by atoms with van der Waals surface area (Å²) >= 11 is 1.69. The largest absolute Gasteiger partial charge is 0.478 e. The van der Waals surface area contributed by atoms with Crippen LogP contribution in [0.4, 0.5) is 10.8 Å². The molecule has 1 aromatic carbocycles. The number of thiazole rings is 1. The van der Waals surface area contributed by atoms with Gasteiger partial charge >= 0.3 is 5.97 Å². The number of nitrogens with one attached hydrogen (secondary N) is 1. The van der Waals surface area contributed by atoms with Gasteiger partial charge in [-0.15, -0.1) is 11.3 Å². The third-order valence-corrected chi connectivity index (χ3v) is 6.46. The minimum atomic E-state index is -0.918. The number of anilines is 2. The number of nitrogens with zero attached hydrogens (tertiary/aromatic N) is 1. The number of rotatable bonds is 5. The van der Waals surface area contributed by atoms with Gasteiger partial charge in [0.2, 0.25) is 0 Å². The number of hydrogen-bond donors (Lipinski definition) is 2. The average Bonchev–Trinajstić information content (AvgIpc) is 2.99. The van der Waals surface area contributed by atoms with Crippen LogP contribution in [0.3, 0.4) is 0 Å². The molecule has 0 aliphatic heterocycles. The van der Waals surface area contributed by atoms with Gasteiger partial charge in [-0.05, 0) is 36.6 Å². The highest BCUT2D eigenvalue weighted by atomic mass is 32.1. The average molecular weight is 385 g/mol. The number of hydrogen-bond acceptors (Lipinski definition) is 4. The Kier molecular flexibility index (Phi) is 4.93. The van der Waals surface area contributed by atoms with E-state index in [1.54, 1.807) is 35.6 Å². The molecule has 3 rings (SSSR count). The Labute approximate surface area is 165 Å². The SMILES string of the molecule is CC(C)CC1=CC(C)(C)c2sc(Nc3ccc(C(=O)O)cc3)nc2C1(C)C. The fourth-order valence-electron chi connectivity index (χ4n) is 3.64. The molecule has 0 spiro atoms. The molecule has 0 saturated carbocycles. The minimum Gasteiger partial charge on any atom is -0.478 e. The number of aromatic carboxylic acids is 1. The number of carboxylic acid groups (broad SMARTS) is 1. The fourth-order valence-corrected chi connectivity index (χ4v) is 4.86. The molecule has 0 bridgehead atoms. The van der Waals surface area contributed by atoms with Gasteiger partial charge in [0, 0.05) is 21.4 Å². The van der Waals surface area contributed by atoms with Gasteiger partial charge in [0.1, 0.15) is 0 Å². The van der Waals surface area contributed by atoms with Crippen LogP contribution >= 0.6 is 11.3 Å². The van der Waals surface area contributed by atoms with Crippen LogP contribution in [-0.2, 0) is 10.8 Å². The second kappa shape index (κ2) is 6.79. The number of carboxylic acids is 1. The zero-order chi connectivity index (χ0) is 20.0. The highest BCUT2D eigenvalue weighted by molar-refractivity contribution is 7.16. The Morgan fingerprint density at radius 3 is 2.37 bits per heavy atom. The van der Waals surface area contributed by atoms with Crippen molar-refractivity contribution in [1.82, 2.24) is 4.98 Å². The summed E-state index contributed by atoms with van der Waals surface area (Å²) in [4.78, 5) is 17.3. The van der Waals surface area contributed by atoms with Crippen LogP contribution in [0.1, 0.15) is 68.9 Å². The van der Waals surface area contributed by atoms with E-state index in [2.05, 4.69) is 52.9 Å². The smallest absolute Gasteiger partial charge is 0.335 e. The van der Waals surface area contributed by atoms with Crippen molar-refractivity contribution in [2.75, 3.05) is 5.32 Å². The topological polar surface area (TPSA) is 62.2 Å². The predicted octanol–water partition coefficient (Wildman–Crippen LogP) is 6.13. The molecule has 0 amide bonds. The van der Waals surface area contributed by atoms with E-state index in [0.717, 1.165) is 22.9 Å². The highest BCUT2D eigenvalue weighted by Gasteiger charge is 2.41. The van der Waals surface area contributed by atoms with E-state index in [4.69, 9.17) is 10.1 Å². The van der Waals surface area contributed by atoms with Crippen molar-refractivity contribution >= 4 is 28.1 Å². The maximum atomic E-state index is 11.0. The van der Waals surface area contributed by atoms with E-state index in [9.17, 15) is 4.79 Å². The molecule has 1 aromatic heterocycles. The van der Waals surface area contributed by atoms with E-state index in [1.165, 1.54) is 10.5 Å². The van der Waals surface area contributed by atoms with E-state index >= 15 is 0 Å². The van der Waals surface area contributed by atoms with Crippen molar-refractivity contribution in [3.05, 3.63) is 52.0 Å². The summed E-state index contributed by atoms with van der Waals surface area (Å²) in [5, 5.41) is 13.2. The Bertz CT molecular complexity index is 890. The standard InChI is InChI=1S/C22H28N2O2S/c1-13(2)11-15-12-21(3,4)18-17(22(15,5)6)24-20(27-18)23-16-9-7-14(8-10-16)19(25)26/h7-10,12-13H,11H2,1-6H3,(H,23,24)(H,25,26). The molecule has 0 radical (unpaired) electrons. The molecule has 0 saturated heterocycles. The van der Waals surface area contributed by atoms with Crippen molar-refractivity contribution in [2.45, 2.75) is 58.8 Å². The molecule has 1 aliphatic carbocycles. The lowest BCUT2D eigenvalue weighted by Gasteiger charge is -2.38. The van der Waals surface area contributed by atoms with Gasteiger partial charge < -0.3 is 10.4 Å². The number of aromatic nitrogens is 1. The lowest BCUT2D eigenvalue weighted by atomic mass is 9.67. The molecular weight excluding hydrogens is 356 g/mol. The highest BCUT2D eigenvalue weighted by Crippen LogP contribution is 2.50. The second-order valence-electron chi connectivity index (χ2n) is 8.82. The minimum absolute atomic E-state index is 0.0418. The molecule has 0 fully saturated rings. The molecule has 1 aliphatic rings. The first-order valence-electron chi connectivity index (χ1n) is 9.35. The van der Waals surface area contributed by atoms with Gasteiger partial charge in [0.15, 0.2) is 5.13 Å². The molecule has 0 unspecified atom stereocenters. The van der Waals surface area contributed by atoms with Crippen LogP contribution in [0.15, 0.2) is 35.9 Å². The molecule has 5 heteroatoms. The van der Waals surface area contributed by atoms with Crippen molar-refractivity contribution in [2.24, 2.45) is 5.92 Å². The van der Waals surface area contributed by atoms with E-state index in [1.807, 2.05) is 0 Å². The molecule has 27 heavy (non-hydrogen) atoms. The van der Waals surface area contributed by atoms with Gasteiger partial charge in [-0.25, -0.2) is 9.78 Å². The van der Waals surface area contributed by atoms with E-state index in [0.29, 0.717) is 5.92 Å². The Hall–Kier alpha value is -2.14. The lowest BCUT2D eigenvalue weighted by molar-refractivity contribution is 0.0697. The summed E-state index contributed by atoms with van der Waals surface area (Å²) in [6.45, 7) is 13.6. The summed E-state index contributed by atoms with van der Waals surface area (Å²) < 4.78 is 0. The van der Waals surface area contributed by atoms with Crippen molar-refractivity contribution in [1.29, 1.82) is 0 Å². The summed E-state index contributed by atoms with van der Waals surface area (Å²) in [7, 11) is 0. The summed E-state index contributed by atoms with van der Waals surface area (Å²) in [6, 6.07) is 6.77. The van der Waals surface area contributed by atoms with Crippen LogP contribution in [0.2, 0.25) is 0 Å². The van der Waals surface area contributed by atoms with E-state index < -0.39 is 5.97 Å². The van der Waals surface area contributed by atoms with Crippen LogP contribution in [0.25, 0.3) is 0 Å². The summed E-state index contributed by atoms with van der Waals surface area (Å²) in [6.07, 6.45) is 3.51. The molecular formula is C22H28N2O2S.